The molecule has 0 aliphatic carbocycles. The number of nitriles is 2. The molecule has 0 atom stereocenters. The number of halogens is 8. The summed E-state index contributed by atoms with van der Waals surface area (Å²) in [6.07, 6.45) is 0. The van der Waals surface area contributed by atoms with Crippen molar-refractivity contribution in [1.29, 1.82) is 10.5 Å². The van der Waals surface area contributed by atoms with Gasteiger partial charge in [-0.25, -0.2) is 0 Å². The molecule has 0 bridgehead atoms. The van der Waals surface area contributed by atoms with Gasteiger partial charge in [-0.1, -0.05) is 0 Å². The van der Waals surface area contributed by atoms with Crippen LogP contribution in [-0.2, 0) is 35.7 Å². The first-order chi connectivity index (χ1) is 17.4. The predicted molar refractivity (Wildman–Crippen MR) is 140 cm³/mol. The van der Waals surface area contributed by atoms with Gasteiger partial charge in [0.2, 0.25) is 23.6 Å². The quantitative estimate of drug-likeness (QED) is 0.285. The van der Waals surface area contributed by atoms with E-state index in [1.54, 1.807) is 68.5 Å². The molecule has 0 N–H and O–H groups in total. The summed E-state index contributed by atoms with van der Waals surface area (Å²) in [5.41, 5.74) is 0. The van der Waals surface area contributed by atoms with E-state index in [1.165, 1.54) is 61.1 Å². The van der Waals surface area contributed by atoms with Gasteiger partial charge < -0.3 is 54.1 Å². The van der Waals surface area contributed by atoms with E-state index in [2.05, 4.69) is 0 Å². The van der Waals surface area contributed by atoms with Gasteiger partial charge in [0, 0.05) is 97.9 Å². The summed E-state index contributed by atoms with van der Waals surface area (Å²) in [5, 5.41) is 14.6. The standard InChI is InChI=1S/4C4H9NO.2C2H3N.2BF4.Ni/c4*1-4(6)5(2)3;2*1-2-3;2*2-1(3,4)5;/h4*1-3H3;2*1H3;;;/q;;;;;;2*-1;+2. The molecular weight excluding hydrogens is 621 g/mol. The minimum absolute atomic E-state index is 0. The Labute approximate surface area is 248 Å². The van der Waals surface area contributed by atoms with Gasteiger partial charge >= 0.3 is 31.0 Å². The molecule has 41 heavy (non-hydrogen) atoms. The van der Waals surface area contributed by atoms with Crippen LogP contribution in [0.2, 0.25) is 0 Å². The van der Waals surface area contributed by atoms with Gasteiger partial charge in [-0.05, 0) is 0 Å². The molecule has 0 aromatic heterocycles. The molecule has 0 saturated heterocycles. The number of carbonyl (C=O) groups excluding carboxylic acids is 4. The largest absolute Gasteiger partial charge is 2.00 e. The molecule has 0 fully saturated rings. The molecule has 0 heterocycles. The number of carbonyl (C=O) groups is 4. The fraction of sp³-hybridized carbons (Fsp3) is 0.700. The Morgan fingerprint density at radius 2 is 0.488 bits per heavy atom. The van der Waals surface area contributed by atoms with Gasteiger partial charge in [-0.3, -0.25) is 19.2 Å². The summed E-state index contributed by atoms with van der Waals surface area (Å²) in [6.45, 7) is 8.97. The zero-order chi connectivity index (χ0) is 35.0. The maximum Gasteiger partial charge on any atom is 2.00 e. The van der Waals surface area contributed by atoms with E-state index in [0.717, 1.165) is 0 Å². The summed E-state index contributed by atoms with van der Waals surface area (Å²) in [7, 11) is 1.80. The molecule has 0 unspecified atom stereocenters. The molecule has 21 heteroatoms. The molecule has 0 aliphatic heterocycles. The molecule has 0 aromatic rings. The van der Waals surface area contributed by atoms with Gasteiger partial charge in [-0.2, -0.15) is 10.5 Å². The predicted octanol–water partition coefficient (Wildman–Crippen LogP) is 4.04. The van der Waals surface area contributed by atoms with Gasteiger partial charge in [0.25, 0.3) is 0 Å². The minimum Gasteiger partial charge on any atom is -0.418 e. The smallest absolute Gasteiger partial charge is 0.418 e. The number of hydrogen-bond acceptors (Lipinski definition) is 6. The number of hydrogen-bond donors (Lipinski definition) is 0. The Morgan fingerprint density at radius 1 is 0.463 bits per heavy atom. The van der Waals surface area contributed by atoms with Crippen molar-refractivity contribution in [1.82, 2.24) is 19.6 Å². The maximum atomic E-state index is 10.1. The van der Waals surface area contributed by atoms with Crippen LogP contribution in [-0.4, -0.2) is 114 Å². The Bertz CT molecular complexity index is 622. The summed E-state index contributed by atoms with van der Waals surface area (Å²) < 4.78 is 78.0. The SMILES string of the molecule is CC#N.CC#N.CC(=O)N(C)C.CC(=O)N(C)C.CC(=O)N(C)C.CC(=O)N(C)C.F[B-](F)(F)F.F[B-](F)(F)F.[Ni+2]. The van der Waals surface area contributed by atoms with Crippen molar-refractivity contribution in [2.24, 2.45) is 0 Å². The molecule has 0 saturated carbocycles. The number of rotatable bonds is 0. The third kappa shape index (κ3) is 270. The van der Waals surface area contributed by atoms with Crippen LogP contribution in [0.1, 0.15) is 41.5 Å². The third-order valence-corrected chi connectivity index (χ3v) is 2.52. The van der Waals surface area contributed by atoms with E-state index in [1.807, 2.05) is 0 Å². The zero-order valence-corrected chi connectivity index (χ0v) is 26.8. The normalized spacial score (nSPS) is 7.90. The van der Waals surface area contributed by atoms with Crippen molar-refractivity contribution in [3.8, 4) is 12.1 Å². The van der Waals surface area contributed by atoms with Crippen molar-refractivity contribution in [2.75, 3.05) is 56.4 Å². The second-order valence-corrected chi connectivity index (χ2v) is 7.09. The number of nitrogens with zero attached hydrogens (tertiary/aromatic N) is 6. The fourth-order valence-electron chi connectivity index (χ4n) is 0. The molecule has 0 spiro atoms. The van der Waals surface area contributed by atoms with Crippen molar-refractivity contribution < 1.29 is 70.2 Å². The van der Waals surface area contributed by atoms with Crippen molar-refractivity contribution >= 4 is 38.1 Å². The van der Waals surface area contributed by atoms with Crippen LogP contribution in [0.25, 0.3) is 0 Å². The van der Waals surface area contributed by atoms with E-state index in [9.17, 15) is 53.7 Å². The topological polar surface area (TPSA) is 129 Å². The van der Waals surface area contributed by atoms with Crippen LogP contribution in [0.4, 0.5) is 34.5 Å². The Kier molecular flexibility index (Phi) is 58.9. The first-order valence-electron chi connectivity index (χ1n) is 10.5. The molecule has 0 aromatic carbocycles. The minimum atomic E-state index is -6.00. The van der Waals surface area contributed by atoms with Gasteiger partial charge in [0.05, 0.1) is 12.1 Å². The average Bonchev–Trinajstić information content (AvgIpc) is 2.67. The summed E-state index contributed by atoms with van der Waals surface area (Å²) >= 11 is 0. The molecule has 4 amide bonds. The van der Waals surface area contributed by atoms with E-state index in [0.29, 0.717) is 0 Å². The Balaban J connectivity index is -0.0000000411. The summed E-state index contributed by atoms with van der Waals surface area (Å²) in [4.78, 5) is 46.4. The monoisotopic (exact) mass is 662 g/mol. The van der Waals surface area contributed by atoms with Crippen LogP contribution in [0.5, 0.6) is 0 Å². The van der Waals surface area contributed by atoms with Crippen LogP contribution in [0, 0.1) is 22.7 Å². The van der Waals surface area contributed by atoms with Crippen molar-refractivity contribution in [2.45, 2.75) is 41.5 Å². The zero-order valence-electron chi connectivity index (χ0n) is 25.8. The molecular formula is C20H42B2F8N6NiO4. The molecule has 0 aliphatic rings. The molecule has 0 rings (SSSR count). The fourth-order valence-corrected chi connectivity index (χ4v) is 0. The Hall–Kier alpha value is -3.08. The van der Waals surface area contributed by atoms with E-state index < -0.39 is 14.5 Å². The molecule has 248 valence electrons. The second-order valence-electron chi connectivity index (χ2n) is 7.09. The third-order valence-electron chi connectivity index (χ3n) is 2.52. The van der Waals surface area contributed by atoms with Crippen molar-refractivity contribution in [3.63, 3.8) is 0 Å². The van der Waals surface area contributed by atoms with Gasteiger partial charge in [0.1, 0.15) is 0 Å². The van der Waals surface area contributed by atoms with Gasteiger partial charge in [0.15, 0.2) is 0 Å². The Morgan fingerprint density at radius 3 is 0.488 bits per heavy atom. The van der Waals surface area contributed by atoms with E-state index in [-0.39, 0.29) is 40.1 Å². The van der Waals surface area contributed by atoms with E-state index >= 15 is 0 Å². The first-order valence-corrected chi connectivity index (χ1v) is 10.5. The van der Waals surface area contributed by atoms with E-state index in [4.69, 9.17) is 10.5 Å². The van der Waals surface area contributed by atoms with Crippen LogP contribution < -0.4 is 0 Å². The molecule has 10 nitrogen and oxygen atoms in total. The molecule has 0 radical (unpaired) electrons. The van der Waals surface area contributed by atoms with Crippen LogP contribution >= 0.6 is 0 Å². The average molecular weight is 663 g/mol. The first kappa shape index (κ1) is 61.8. The van der Waals surface area contributed by atoms with Crippen molar-refractivity contribution in [3.05, 3.63) is 0 Å². The van der Waals surface area contributed by atoms with Crippen LogP contribution in [0.15, 0.2) is 0 Å². The maximum absolute atomic E-state index is 10.1. The second kappa shape index (κ2) is 39.1. The summed E-state index contributed by atoms with van der Waals surface area (Å²) in [5.74, 6) is 0.370. The summed E-state index contributed by atoms with van der Waals surface area (Å²) in [6, 6.07) is 3.50. The van der Waals surface area contributed by atoms with Gasteiger partial charge in [-0.15, -0.1) is 0 Å². The van der Waals surface area contributed by atoms with Crippen LogP contribution in [0.3, 0.4) is 0 Å². The number of amides is 4.